The van der Waals surface area contributed by atoms with Crippen molar-refractivity contribution in [1.82, 2.24) is 4.72 Å². The fraction of sp³-hybridized carbons (Fsp3) is 0.889. The zero-order chi connectivity index (χ0) is 11.1. The molecule has 2 N–H and O–H groups in total. The molecule has 2 aliphatic rings. The molecule has 0 amide bonds. The Morgan fingerprint density at radius 2 is 1.80 bits per heavy atom. The van der Waals surface area contributed by atoms with Gasteiger partial charge >= 0.3 is 5.97 Å². The van der Waals surface area contributed by atoms with E-state index in [4.69, 9.17) is 5.11 Å². The number of rotatable bonds is 4. The van der Waals surface area contributed by atoms with Crippen molar-refractivity contribution in [1.29, 1.82) is 0 Å². The second kappa shape index (κ2) is 3.45. The highest BCUT2D eigenvalue weighted by Crippen LogP contribution is 2.37. The molecule has 2 saturated carbocycles. The zero-order valence-corrected chi connectivity index (χ0v) is 9.22. The largest absolute Gasteiger partial charge is 0.480 e. The van der Waals surface area contributed by atoms with Crippen molar-refractivity contribution >= 4 is 16.0 Å². The lowest BCUT2D eigenvalue weighted by atomic mass is 10.3. The van der Waals surface area contributed by atoms with Crippen LogP contribution < -0.4 is 4.72 Å². The van der Waals surface area contributed by atoms with Crippen LogP contribution in [0.5, 0.6) is 0 Å². The molecule has 0 aliphatic heterocycles. The van der Waals surface area contributed by atoms with Gasteiger partial charge in [0.15, 0.2) is 0 Å². The van der Waals surface area contributed by atoms with Crippen molar-refractivity contribution in [3.05, 3.63) is 0 Å². The van der Waals surface area contributed by atoms with Gasteiger partial charge in [-0.15, -0.1) is 0 Å². The molecule has 0 atom stereocenters. The summed E-state index contributed by atoms with van der Waals surface area (Å²) in [5.74, 6) is -1.05. The lowest BCUT2D eigenvalue weighted by Crippen LogP contribution is -2.46. The smallest absolute Gasteiger partial charge is 0.324 e. The maximum absolute atomic E-state index is 11.8. The van der Waals surface area contributed by atoms with E-state index in [2.05, 4.69) is 4.72 Å². The minimum absolute atomic E-state index is 0.380. The van der Waals surface area contributed by atoms with E-state index in [0.717, 1.165) is 12.8 Å². The molecule has 5 nitrogen and oxygen atoms in total. The van der Waals surface area contributed by atoms with Gasteiger partial charge in [0.2, 0.25) is 10.0 Å². The number of carboxylic acids is 1. The maximum atomic E-state index is 11.8. The zero-order valence-electron chi connectivity index (χ0n) is 8.40. The van der Waals surface area contributed by atoms with Crippen LogP contribution in [0.1, 0.15) is 38.5 Å². The quantitative estimate of drug-likeness (QED) is 0.739. The number of nitrogens with one attached hydrogen (secondary N) is 1. The molecule has 0 heterocycles. The van der Waals surface area contributed by atoms with Crippen LogP contribution in [0, 0.1) is 0 Å². The van der Waals surface area contributed by atoms with Crippen LogP contribution in [0.15, 0.2) is 0 Å². The van der Waals surface area contributed by atoms with Gasteiger partial charge in [-0.2, -0.15) is 4.72 Å². The van der Waals surface area contributed by atoms with Crippen molar-refractivity contribution in [2.24, 2.45) is 0 Å². The van der Waals surface area contributed by atoms with Gasteiger partial charge < -0.3 is 5.11 Å². The van der Waals surface area contributed by atoms with Crippen LogP contribution in [-0.2, 0) is 14.8 Å². The van der Waals surface area contributed by atoms with Gasteiger partial charge in [-0.3, -0.25) is 4.79 Å². The van der Waals surface area contributed by atoms with Gasteiger partial charge in [-0.25, -0.2) is 8.42 Å². The third-order valence-corrected chi connectivity index (χ3v) is 5.26. The number of hydrogen-bond acceptors (Lipinski definition) is 3. The molecule has 0 saturated heterocycles. The van der Waals surface area contributed by atoms with E-state index in [0.29, 0.717) is 25.7 Å². The van der Waals surface area contributed by atoms with E-state index in [9.17, 15) is 13.2 Å². The van der Waals surface area contributed by atoms with Crippen LogP contribution in [0.4, 0.5) is 0 Å². The summed E-state index contributed by atoms with van der Waals surface area (Å²) in [6.45, 7) is 0. The first-order valence-corrected chi connectivity index (χ1v) is 6.77. The van der Waals surface area contributed by atoms with Crippen LogP contribution in [-0.4, -0.2) is 30.3 Å². The third-order valence-electron chi connectivity index (χ3n) is 3.24. The molecule has 0 unspecified atom stereocenters. The molecule has 15 heavy (non-hydrogen) atoms. The Morgan fingerprint density at radius 1 is 1.27 bits per heavy atom. The topological polar surface area (TPSA) is 83.5 Å². The summed E-state index contributed by atoms with van der Waals surface area (Å²) in [5, 5.41) is 8.50. The van der Waals surface area contributed by atoms with Crippen LogP contribution in [0.25, 0.3) is 0 Å². The monoisotopic (exact) mass is 233 g/mol. The number of sulfonamides is 1. The van der Waals surface area contributed by atoms with Gasteiger partial charge in [0.1, 0.15) is 5.54 Å². The van der Waals surface area contributed by atoms with Gasteiger partial charge in [0.25, 0.3) is 0 Å². The molecule has 0 aromatic carbocycles. The second-order valence-electron chi connectivity index (χ2n) is 4.44. The van der Waals surface area contributed by atoms with Gasteiger partial charge in [-0.05, 0) is 25.7 Å². The van der Waals surface area contributed by atoms with E-state index in [1.54, 1.807) is 0 Å². The number of carboxylic acid groups (broad SMARTS) is 1. The summed E-state index contributed by atoms with van der Waals surface area (Å²) >= 11 is 0. The Bertz CT molecular complexity index is 366. The lowest BCUT2D eigenvalue weighted by Gasteiger charge is -2.16. The molecular formula is C9H15NO4S. The van der Waals surface area contributed by atoms with E-state index in [1.165, 1.54) is 0 Å². The summed E-state index contributed by atoms with van der Waals surface area (Å²) in [4.78, 5) is 10.8. The van der Waals surface area contributed by atoms with Crippen molar-refractivity contribution in [3.63, 3.8) is 0 Å². The molecule has 2 aliphatic carbocycles. The van der Waals surface area contributed by atoms with Crippen molar-refractivity contribution in [3.8, 4) is 0 Å². The molecule has 0 aromatic heterocycles. The first kappa shape index (κ1) is 10.9. The maximum Gasteiger partial charge on any atom is 0.324 e. The Balaban J connectivity index is 2.07. The predicted molar refractivity (Wildman–Crippen MR) is 53.9 cm³/mol. The Morgan fingerprint density at radius 3 is 2.20 bits per heavy atom. The summed E-state index contributed by atoms with van der Waals surface area (Å²) in [5.41, 5.74) is -1.18. The molecule has 2 rings (SSSR count). The lowest BCUT2D eigenvalue weighted by molar-refractivity contribution is -0.140. The number of hydrogen-bond donors (Lipinski definition) is 2. The van der Waals surface area contributed by atoms with E-state index in [-0.39, 0.29) is 5.25 Å². The third kappa shape index (κ3) is 2.01. The minimum atomic E-state index is -3.43. The van der Waals surface area contributed by atoms with Crippen LogP contribution in [0.3, 0.4) is 0 Å². The second-order valence-corrected chi connectivity index (χ2v) is 6.40. The summed E-state index contributed by atoms with van der Waals surface area (Å²) in [6.07, 6.45) is 3.98. The predicted octanol–water partition coefficient (Wildman–Crippen LogP) is 0.466. The highest BCUT2D eigenvalue weighted by molar-refractivity contribution is 7.90. The summed E-state index contributed by atoms with van der Waals surface area (Å²) < 4.78 is 26.0. The molecule has 86 valence electrons. The highest BCUT2D eigenvalue weighted by atomic mass is 32.2. The molecule has 0 bridgehead atoms. The molecule has 6 heteroatoms. The van der Waals surface area contributed by atoms with E-state index in [1.807, 2.05) is 0 Å². The molecular weight excluding hydrogens is 218 g/mol. The Kier molecular flexibility index (Phi) is 2.50. The fourth-order valence-electron chi connectivity index (χ4n) is 2.04. The van der Waals surface area contributed by atoms with Crippen LogP contribution in [0.2, 0.25) is 0 Å². The number of carbonyl (C=O) groups is 1. The van der Waals surface area contributed by atoms with Crippen molar-refractivity contribution in [2.45, 2.75) is 49.3 Å². The fourth-order valence-corrected chi connectivity index (χ4v) is 4.00. The van der Waals surface area contributed by atoms with Crippen molar-refractivity contribution < 1.29 is 18.3 Å². The average molecular weight is 233 g/mol. The minimum Gasteiger partial charge on any atom is -0.480 e. The average Bonchev–Trinajstić information content (AvgIpc) is 2.72. The molecule has 2 fully saturated rings. The van der Waals surface area contributed by atoms with Crippen molar-refractivity contribution in [2.75, 3.05) is 0 Å². The standard InChI is InChI=1S/C9H15NO4S/c11-8(12)9(5-6-9)10-15(13,14)7-3-1-2-4-7/h7,10H,1-6H2,(H,11,12). The van der Waals surface area contributed by atoms with Gasteiger partial charge in [0.05, 0.1) is 5.25 Å². The van der Waals surface area contributed by atoms with E-state index >= 15 is 0 Å². The first-order chi connectivity index (χ1) is 6.96. The van der Waals surface area contributed by atoms with Crippen LogP contribution >= 0.6 is 0 Å². The Labute approximate surface area is 88.9 Å². The highest BCUT2D eigenvalue weighted by Gasteiger charge is 2.54. The summed E-state index contributed by atoms with van der Waals surface area (Å²) in [7, 11) is -3.43. The normalized spacial score (nSPS) is 25.3. The molecule has 0 aromatic rings. The first-order valence-electron chi connectivity index (χ1n) is 5.22. The number of aliphatic carboxylic acids is 1. The van der Waals surface area contributed by atoms with E-state index < -0.39 is 21.5 Å². The van der Waals surface area contributed by atoms with Gasteiger partial charge in [-0.1, -0.05) is 12.8 Å². The molecule has 0 radical (unpaired) electrons. The molecule has 0 spiro atoms. The SMILES string of the molecule is O=C(O)C1(NS(=O)(=O)C2CCCC2)CC1. The van der Waals surface area contributed by atoms with Gasteiger partial charge in [0, 0.05) is 0 Å². The summed E-state index contributed by atoms with van der Waals surface area (Å²) in [6, 6.07) is 0. The Hall–Kier alpha value is -0.620.